The fourth-order valence-electron chi connectivity index (χ4n) is 4.34. The van der Waals surface area contributed by atoms with Crippen molar-refractivity contribution < 1.29 is 102 Å². The third-order valence-corrected chi connectivity index (χ3v) is 9.62. The Balaban J connectivity index is -0.000000154. The van der Waals surface area contributed by atoms with E-state index in [0.717, 1.165) is 65.0 Å². The Hall–Kier alpha value is -0.840. The largest absolute Gasteiger partial charge is 0.394 e. The van der Waals surface area contributed by atoms with Gasteiger partial charge in [0.05, 0.1) is 178 Å². The van der Waals surface area contributed by atoms with Crippen LogP contribution >= 0.6 is 0 Å². The molecule has 0 saturated heterocycles. The molecule has 0 radical (unpaired) electrons. The number of unbranched alkanes of at least 4 members (excludes halogenated alkanes) is 2. The van der Waals surface area contributed by atoms with E-state index in [4.69, 9.17) is 102 Å². The lowest BCUT2D eigenvalue weighted by molar-refractivity contribution is -0.0677. The van der Waals surface area contributed by atoms with Crippen LogP contribution in [0.1, 0.15) is 163 Å². The summed E-state index contributed by atoms with van der Waals surface area (Å²) in [5.41, 5.74) is 0. The minimum Gasteiger partial charge on any atom is -0.394 e. The normalized spacial score (nSPS) is 16.3. The molecule has 21 heteroatoms. The van der Waals surface area contributed by atoms with Gasteiger partial charge in [0.1, 0.15) is 0 Å². The van der Waals surface area contributed by atoms with Gasteiger partial charge in [-0.2, -0.15) is 0 Å². The molecule has 0 aromatic carbocycles. The molecular formula is C58H130O21. The van der Waals surface area contributed by atoms with Crippen molar-refractivity contribution in [2.45, 2.75) is 249 Å². The van der Waals surface area contributed by atoms with E-state index in [-0.39, 0.29) is 112 Å². The highest BCUT2D eigenvalue weighted by molar-refractivity contribution is 4.56. The van der Waals surface area contributed by atoms with Gasteiger partial charge in [0.2, 0.25) is 0 Å². The molecule has 14 unspecified atom stereocenters. The summed E-state index contributed by atoms with van der Waals surface area (Å²) in [5, 5.41) is 69.6. The summed E-state index contributed by atoms with van der Waals surface area (Å²) < 4.78 is 67.9. The predicted molar refractivity (Wildman–Crippen MR) is 314 cm³/mol. The zero-order valence-corrected chi connectivity index (χ0v) is 53.9. The first-order valence-electron chi connectivity index (χ1n) is 29.1. The molecule has 0 aliphatic rings. The second-order valence-electron chi connectivity index (χ2n) is 19.8. The fourth-order valence-corrected chi connectivity index (χ4v) is 4.34. The Morgan fingerprint density at radius 2 is 0.494 bits per heavy atom. The monoisotopic (exact) mass is 1160 g/mol. The lowest BCUT2D eigenvalue weighted by Gasteiger charge is -2.18. The van der Waals surface area contributed by atoms with Crippen LogP contribution < -0.4 is 0 Å². The number of hydrogen-bond donors (Lipinski definition) is 8. The number of hydrogen-bond acceptors (Lipinski definition) is 21. The Morgan fingerprint density at radius 3 is 0.759 bits per heavy atom. The summed E-state index contributed by atoms with van der Waals surface area (Å²) >= 11 is 0. The molecule has 0 rings (SSSR count). The van der Waals surface area contributed by atoms with Gasteiger partial charge in [-0.1, -0.05) is 40.5 Å². The van der Waals surface area contributed by atoms with Gasteiger partial charge in [-0.05, 0) is 123 Å². The lowest BCUT2D eigenvalue weighted by Crippen LogP contribution is -2.25. The SMILES string of the molecule is CC(O)COC(C)COC(C)CO.CCCCOC(C)COC(C)CO.CCCCOCC(C)O.CCCOC(C)COC(C)CO.CCCOCC(C)O.COC(C)COC(C)CO.COC(C)COC(C)COC(C)CO. The van der Waals surface area contributed by atoms with Crippen molar-refractivity contribution >= 4 is 0 Å². The number of rotatable bonds is 44. The molecule has 0 heterocycles. The molecule has 0 aromatic heterocycles. The van der Waals surface area contributed by atoms with Crippen molar-refractivity contribution in [2.75, 3.05) is 133 Å². The second kappa shape index (κ2) is 73.3. The molecule has 79 heavy (non-hydrogen) atoms. The molecule has 0 aromatic rings. The fraction of sp³-hybridized carbons (Fsp3) is 1.00. The van der Waals surface area contributed by atoms with E-state index in [1.807, 2.05) is 76.2 Å². The average molecular weight is 1160 g/mol. The Morgan fingerprint density at radius 1 is 0.253 bits per heavy atom. The second-order valence-corrected chi connectivity index (χ2v) is 19.8. The van der Waals surface area contributed by atoms with Crippen molar-refractivity contribution in [2.24, 2.45) is 0 Å². The lowest BCUT2D eigenvalue weighted by atomic mass is 10.3. The van der Waals surface area contributed by atoms with Crippen LogP contribution in [0.25, 0.3) is 0 Å². The minimum atomic E-state index is -0.447. The summed E-state index contributed by atoms with van der Waals surface area (Å²) in [4.78, 5) is 0. The molecule has 21 nitrogen and oxygen atoms in total. The molecule has 0 aliphatic carbocycles. The Labute approximate surface area is 482 Å². The van der Waals surface area contributed by atoms with Gasteiger partial charge >= 0.3 is 0 Å². The number of aliphatic hydroxyl groups is 8. The molecule has 0 amide bonds. The zero-order valence-electron chi connectivity index (χ0n) is 53.9. The maximum absolute atomic E-state index is 8.92. The van der Waals surface area contributed by atoms with Crippen molar-refractivity contribution in [3.8, 4) is 0 Å². The van der Waals surface area contributed by atoms with Crippen LogP contribution in [0, 0.1) is 0 Å². The first-order valence-corrected chi connectivity index (χ1v) is 29.1. The van der Waals surface area contributed by atoms with Gasteiger partial charge in [-0.15, -0.1) is 0 Å². The summed E-state index contributed by atoms with van der Waals surface area (Å²) in [5.74, 6) is 0. The smallest absolute Gasteiger partial charge is 0.0781 e. The first-order chi connectivity index (χ1) is 37.3. The molecule has 0 saturated carbocycles. The van der Waals surface area contributed by atoms with Crippen LogP contribution in [-0.2, 0) is 61.6 Å². The molecule has 14 atom stereocenters. The van der Waals surface area contributed by atoms with Gasteiger partial charge in [-0.25, -0.2) is 0 Å². The molecule has 0 spiro atoms. The molecule has 488 valence electrons. The van der Waals surface area contributed by atoms with Gasteiger partial charge in [-0.3, -0.25) is 0 Å². The van der Waals surface area contributed by atoms with Gasteiger partial charge in [0, 0.05) is 40.6 Å². The summed E-state index contributed by atoms with van der Waals surface area (Å²) in [6, 6.07) is 0. The van der Waals surface area contributed by atoms with Gasteiger partial charge in [0.25, 0.3) is 0 Å². The molecule has 0 bridgehead atoms. The first kappa shape index (κ1) is 91.9. The van der Waals surface area contributed by atoms with Crippen LogP contribution in [0.3, 0.4) is 0 Å². The van der Waals surface area contributed by atoms with E-state index in [0.29, 0.717) is 59.5 Å². The highest BCUT2D eigenvalue weighted by Gasteiger charge is 2.10. The average Bonchev–Trinajstić information content (AvgIpc) is 3.43. The third-order valence-electron chi connectivity index (χ3n) is 9.62. The zero-order chi connectivity index (χ0) is 62.2. The van der Waals surface area contributed by atoms with Crippen molar-refractivity contribution in [1.29, 1.82) is 0 Å². The van der Waals surface area contributed by atoms with Crippen molar-refractivity contribution in [3.05, 3.63) is 0 Å². The Bertz CT molecular complexity index is 1030. The molecule has 0 aliphatic heterocycles. The van der Waals surface area contributed by atoms with Crippen LogP contribution in [0.2, 0.25) is 0 Å². The third kappa shape index (κ3) is 93.8. The number of ether oxygens (including phenoxy) is 13. The quantitative estimate of drug-likeness (QED) is 0.0316. The van der Waals surface area contributed by atoms with Crippen molar-refractivity contribution in [1.82, 2.24) is 0 Å². The maximum atomic E-state index is 8.92. The summed E-state index contributed by atoms with van der Waals surface area (Å²) in [7, 11) is 3.29. The predicted octanol–water partition coefficient (Wildman–Crippen LogP) is 6.18. The van der Waals surface area contributed by atoms with Crippen LogP contribution in [0.15, 0.2) is 0 Å². The number of methoxy groups -OCH3 is 2. The van der Waals surface area contributed by atoms with E-state index in [2.05, 4.69) is 20.8 Å². The minimum absolute atomic E-state index is 0.0170. The molecular weight excluding hydrogens is 1030 g/mol. The van der Waals surface area contributed by atoms with E-state index in [1.54, 1.807) is 41.9 Å². The summed E-state index contributed by atoms with van der Waals surface area (Å²) in [6.07, 6.45) is 5.36. The van der Waals surface area contributed by atoms with E-state index >= 15 is 0 Å². The molecule has 8 N–H and O–H groups in total. The highest BCUT2D eigenvalue weighted by atomic mass is 16.6. The van der Waals surface area contributed by atoms with Crippen LogP contribution in [-0.4, -0.2) is 259 Å². The topological polar surface area (TPSA) is 282 Å². The summed E-state index contributed by atoms with van der Waals surface area (Å²) in [6.45, 7) is 42.0. The van der Waals surface area contributed by atoms with E-state index in [1.165, 1.54) is 0 Å². The van der Waals surface area contributed by atoms with Gasteiger partial charge < -0.3 is 102 Å². The van der Waals surface area contributed by atoms with Crippen LogP contribution in [0.4, 0.5) is 0 Å². The standard InChI is InChI=1S/C10H22O4.C10H22O3.C9H20O4.C9H20O3.C7H16O3.C7H16O2.C6H14O2/c1-8(5-11)13-7-10(3)14-6-9(2)12-4;1-4-5-6-12-10(3)8-13-9(2)7-11;1-7(11)5-12-9(3)6-13-8(2)4-10;1-4-5-11-9(3)7-12-8(2)6-10;1-6(4-8)10-5-7(2)9-3;1-3-4-5-9-6-7(2)8;1-3-4-8-5-6(2)7/h8-11H,5-7H2,1-4H3;9-11H,4-8H2,1-3H3;7-11H,4-6H2,1-3H3;8-10H,4-7H2,1-3H3;6-8H,4-5H2,1-3H3;7-8H,3-6H2,1-2H3;6-7H,3-5H2,1-2H3. The van der Waals surface area contributed by atoms with Gasteiger partial charge in [0.15, 0.2) is 0 Å². The highest BCUT2D eigenvalue weighted by Crippen LogP contribution is 2.02. The van der Waals surface area contributed by atoms with E-state index in [9.17, 15) is 0 Å². The van der Waals surface area contributed by atoms with Crippen LogP contribution in [0.5, 0.6) is 0 Å². The maximum Gasteiger partial charge on any atom is 0.0781 e. The Kier molecular flexibility index (Phi) is 85.2. The number of aliphatic hydroxyl groups excluding tert-OH is 8. The van der Waals surface area contributed by atoms with Crippen molar-refractivity contribution in [3.63, 3.8) is 0 Å². The molecule has 0 fully saturated rings. The van der Waals surface area contributed by atoms with E-state index < -0.39 is 6.10 Å².